The number of aromatic amines is 1. The quantitative estimate of drug-likeness (QED) is 0.666. The van der Waals surface area contributed by atoms with Crippen LogP contribution in [0.3, 0.4) is 0 Å². The Morgan fingerprint density at radius 2 is 2.03 bits per heavy atom. The minimum Gasteiger partial charge on any atom is -0.381 e. The van der Waals surface area contributed by atoms with Crippen molar-refractivity contribution in [3.63, 3.8) is 0 Å². The Morgan fingerprint density at radius 3 is 2.76 bits per heavy atom. The standard InChI is InChI=1S/C20H21N5O4/c26-18-3-1-2-8-24(18)16-13-23-25(20(16)28)17-5-4-15(12-21-17)19(27)22-11-14-6-9-29-10-7-14/h1-5,8,12-14,23H,6-7,9-11H2,(H,22,27). The molecule has 0 unspecified atom stereocenters. The summed E-state index contributed by atoms with van der Waals surface area (Å²) in [6.45, 7) is 2.08. The number of ether oxygens (including phenoxy) is 1. The monoisotopic (exact) mass is 395 g/mol. The third kappa shape index (κ3) is 4.04. The van der Waals surface area contributed by atoms with E-state index in [-0.39, 0.29) is 17.2 Å². The molecule has 4 rings (SSSR count). The molecule has 4 heterocycles. The van der Waals surface area contributed by atoms with Crippen LogP contribution in [0, 0.1) is 5.92 Å². The molecule has 9 heteroatoms. The zero-order valence-electron chi connectivity index (χ0n) is 15.7. The Balaban J connectivity index is 1.48. The van der Waals surface area contributed by atoms with E-state index in [4.69, 9.17) is 4.74 Å². The van der Waals surface area contributed by atoms with Crippen molar-refractivity contribution in [2.24, 2.45) is 5.92 Å². The number of rotatable bonds is 5. The van der Waals surface area contributed by atoms with E-state index < -0.39 is 5.56 Å². The highest BCUT2D eigenvalue weighted by molar-refractivity contribution is 5.93. The van der Waals surface area contributed by atoms with Crippen molar-refractivity contribution < 1.29 is 9.53 Å². The van der Waals surface area contributed by atoms with E-state index in [9.17, 15) is 14.4 Å². The second kappa shape index (κ2) is 8.27. The smallest absolute Gasteiger partial charge is 0.296 e. The van der Waals surface area contributed by atoms with E-state index in [2.05, 4.69) is 15.4 Å². The predicted octanol–water partition coefficient (Wildman–Crippen LogP) is 0.868. The molecule has 0 bridgehead atoms. The maximum atomic E-state index is 12.7. The van der Waals surface area contributed by atoms with Crippen molar-refractivity contribution in [3.05, 3.63) is 75.2 Å². The molecule has 9 nitrogen and oxygen atoms in total. The van der Waals surface area contributed by atoms with Crippen LogP contribution in [0.2, 0.25) is 0 Å². The maximum absolute atomic E-state index is 12.7. The molecule has 2 N–H and O–H groups in total. The number of amides is 1. The van der Waals surface area contributed by atoms with E-state index in [0.717, 1.165) is 26.1 Å². The number of pyridine rings is 2. The molecule has 0 aliphatic carbocycles. The Bertz CT molecular complexity index is 1110. The fraction of sp³-hybridized carbons (Fsp3) is 0.300. The molecule has 1 saturated heterocycles. The second-order valence-electron chi connectivity index (χ2n) is 6.88. The minimum atomic E-state index is -0.414. The maximum Gasteiger partial charge on any atom is 0.296 e. The largest absolute Gasteiger partial charge is 0.381 e. The summed E-state index contributed by atoms with van der Waals surface area (Å²) in [4.78, 5) is 41.2. The van der Waals surface area contributed by atoms with Gasteiger partial charge in [-0.05, 0) is 37.0 Å². The first kappa shape index (κ1) is 18.9. The van der Waals surface area contributed by atoms with Gasteiger partial charge in [-0.25, -0.2) is 4.98 Å². The molecule has 0 aromatic carbocycles. The minimum absolute atomic E-state index is 0.190. The molecule has 3 aromatic rings. The molecule has 1 aliphatic rings. The summed E-state index contributed by atoms with van der Waals surface area (Å²) in [6.07, 6.45) is 6.28. The fourth-order valence-electron chi connectivity index (χ4n) is 3.27. The third-order valence-electron chi connectivity index (χ3n) is 4.97. The number of hydrogen-bond donors (Lipinski definition) is 2. The second-order valence-corrected chi connectivity index (χ2v) is 6.88. The van der Waals surface area contributed by atoms with Crippen LogP contribution in [0.4, 0.5) is 0 Å². The Hall–Kier alpha value is -3.46. The summed E-state index contributed by atoms with van der Waals surface area (Å²) >= 11 is 0. The van der Waals surface area contributed by atoms with Crippen LogP contribution >= 0.6 is 0 Å². The zero-order valence-corrected chi connectivity index (χ0v) is 15.7. The lowest BCUT2D eigenvalue weighted by molar-refractivity contribution is 0.0642. The Labute approximate surface area is 165 Å². The molecule has 1 aliphatic heterocycles. The van der Waals surface area contributed by atoms with E-state index in [1.807, 2.05) is 0 Å². The average molecular weight is 395 g/mol. The lowest BCUT2D eigenvalue weighted by atomic mass is 10.0. The van der Waals surface area contributed by atoms with Gasteiger partial charge >= 0.3 is 0 Å². The van der Waals surface area contributed by atoms with Crippen LogP contribution in [0.15, 0.2) is 58.5 Å². The van der Waals surface area contributed by atoms with Gasteiger partial charge in [0.15, 0.2) is 5.82 Å². The first-order chi connectivity index (χ1) is 14.1. The van der Waals surface area contributed by atoms with Crippen LogP contribution in [0.5, 0.6) is 0 Å². The summed E-state index contributed by atoms with van der Waals surface area (Å²) in [5.41, 5.74) is -0.113. The van der Waals surface area contributed by atoms with Gasteiger partial charge in [0.2, 0.25) is 0 Å². The van der Waals surface area contributed by atoms with Crippen molar-refractivity contribution >= 4 is 5.91 Å². The highest BCUT2D eigenvalue weighted by Crippen LogP contribution is 2.13. The van der Waals surface area contributed by atoms with Gasteiger partial charge in [-0.2, -0.15) is 4.68 Å². The average Bonchev–Trinajstić information content (AvgIpc) is 3.14. The van der Waals surface area contributed by atoms with Gasteiger partial charge in [-0.1, -0.05) is 6.07 Å². The van der Waals surface area contributed by atoms with Crippen LogP contribution < -0.4 is 16.4 Å². The van der Waals surface area contributed by atoms with Gasteiger partial charge in [0.25, 0.3) is 17.0 Å². The molecular weight excluding hydrogens is 374 g/mol. The van der Waals surface area contributed by atoms with Crippen LogP contribution in [0.1, 0.15) is 23.2 Å². The van der Waals surface area contributed by atoms with Crippen LogP contribution in [-0.4, -0.2) is 45.0 Å². The third-order valence-corrected chi connectivity index (χ3v) is 4.97. The van der Waals surface area contributed by atoms with E-state index in [0.29, 0.717) is 23.8 Å². The molecule has 1 amide bonds. The predicted molar refractivity (Wildman–Crippen MR) is 106 cm³/mol. The highest BCUT2D eigenvalue weighted by atomic mass is 16.5. The lowest BCUT2D eigenvalue weighted by Gasteiger charge is -2.22. The van der Waals surface area contributed by atoms with Crippen LogP contribution in [-0.2, 0) is 4.74 Å². The van der Waals surface area contributed by atoms with E-state index >= 15 is 0 Å². The number of carbonyl (C=O) groups excluding carboxylic acids is 1. The summed E-state index contributed by atoms with van der Waals surface area (Å²) in [5.74, 6) is 0.550. The Morgan fingerprint density at radius 1 is 1.21 bits per heavy atom. The molecule has 0 saturated carbocycles. The lowest BCUT2D eigenvalue weighted by Crippen LogP contribution is -2.32. The normalized spacial score (nSPS) is 14.6. The first-order valence-corrected chi connectivity index (χ1v) is 9.44. The fourth-order valence-corrected chi connectivity index (χ4v) is 3.27. The summed E-state index contributed by atoms with van der Waals surface area (Å²) in [5, 5.41) is 5.72. The first-order valence-electron chi connectivity index (χ1n) is 9.44. The van der Waals surface area contributed by atoms with Crippen molar-refractivity contribution in [1.82, 2.24) is 24.6 Å². The van der Waals surface area contributed by atoms with Gasteiger partial charge in [-0.15, -0.1) is 0 Å². The zero-order chi connectivity index (χ0) is 20.2. The molecule has 1 fully saturated rings. The molecular formula is C20H21N5O4. The summed E-state index contributed by atoms with van der Waals surface area (Å²) in [6, 6.07) is 7.85. The van der Waals surface area contributed by atoms with Gasteiger partial charge in [-0.3, -0.25) is 24.0 Å². The van der Waals surface area contributed by atoms with Crippen molar-refractivity contribution in [2.75, 3.05) is 19.8 Å². The van der Waals surface area contributed by atoms with Crippen molar-refractivity contribution in [3.8, 4) is 11.5 Å². The number of nitrogens with one attached hydrogen (secondary N) is 2. The highest BCUT2D eigenvalue weighted by Gasteiger charge is 2.16. The molecule has 29 heavy (non-hydrogen) atoms. The molecule has 0 atom stereocenters. The number of hydrogen-bond acceptors (Lipinski definition) is 5. The molecule has 0 spiro atoms. The topological polar surface area (TPSA) is 111 Å². The van der Waals surface area contributed by atoms with E-state index in [1.165, 1.54) is 33.9 Å². The van der Waals surface area contributed by atoms with Gasteiger partial charge < -0.3 is 10.1 Å². The van der Waals surface area contributed by atoms with Crippen molar-refractivity contribution in [2.45, 2.75) is 12.8 Å². The summed E-state index contributed by atoms with van der Waals surface area (Å²) < 4.78 is 7.80. The summed E-state index contributed by atoms with van der Waals surface area (Å²) in [7, 11) is 0. The Kier molecular flexibility index (Phi) is 5.39. The number of carbonyl (C=O) groups is 1. The van der Waals surface area contributed by atoms with Gasteiger partial charge in [0, 0.05) is 44.4 Å². The number of aromatic nitrogens is 4. The van der Waals surface area contributed by atoms with E-state index in [1.54, 1.807) is 24.3 Å². The molecule has 3 aromatic heterocycles. The van der Waals surface area contributed by atoms with Gasteiger partial charge in [0.05, 0.1) is 5.56 Å². The molecule has 0 radical (unpaired) electrons. The molecule has 150 valence electrons. The number of nitrogens with zero attached hydrogens (tertiary/aromatic N) is 3. The van der Waals surface area contributed by atoms with Gasteiger partial charge in [0.1, 0.15) is 5.69 Å². The van der Waals surface area contributed by atoms with Crippen molar-refractivity contribution in [1.29, 1.82) is 0 Å². The SMILES string of the molecule is O=C(NCC1CCOCC1)c1ccc(-n2[nH]cc(-n3ccccc3=O)c2=O)nc1. The van der Waals surface area contributed by atoms with Crippen LogP contribution in [0.25, 0.3) is 11.5 Å². The number of H-pyrrole nitrogens is 1.